The molecule has 0 atom stereocenters. The van der Waals surface area contributed by atoms with E-state index in [2.05, 4.69) is 0 Å². The van der Waals surface area contributed by atoms with Gasteiger partial charge in [0.2, 0.25) is 0 Å². The van der Waals surface area contributed by atoms with Crippen molar-refractivity contribution in [3.8, 4) is 0 Å². The van der Waals surface area contributed by atoms with Crippen LogP contribution in [-0.4, -0.2) is 60.7 Å². The first-order valence-corrected chi connectivity index (χ1v) is 1.64. The minimum absolute atomic E-state index is 0. The number of rotatable bonds is 0. The van der Waals surface area contributed by atoms with Crippen LogP contribution in [0.2, 0.25) is 0 Å². The van der Waals surface area contributed by atoms with Crippen molar-refractivity contribution in [3.63, 3.8) is 0 Å². The molecule has 15 heavy (non-hydrogen) atoms. The van der Waals surface area contributed by atoms with E-state index in [1.165, 1.54) is 0 Å². The molecule has 0 spiro atoms. The fourth-order valence-electron chi connectivity index (χ4n) is 0. The van der Waals surface area contributed by atoms with Gasteiger partial charge >= 0.3 is 98.1 Å². The third-order valence-electron chi connectivity index (χ3n) is 0. The van der Waals surface area contributed by atoms with Crippen LogP contribution in [0.3, 0.4) is 0 Å². The van der Waals surface area contributed by atoms with E-state index in [1.807, 2.05) is 0 Å². The first kappa shape index (κ1) is 36.0. The van der Waals surface area contributed by atoms with Crippen LogP contribution in [-0.2, 0) is 17.1 Å². The number of hydrogen-bond acceptors (Lipinski definition) is 9. The van der Waals surface area contributed by atoms with Crippen molar-refractivity contribution >= 4 is 45.5 Å². The van der Waals surface area contributed by atoms with Crippen LogP contribution in [0.1, 0.15) is 0 Å². The summed E-state index contributed by atoms with van der Waals surface area (Å²) in [5.41, 5.74) is 0. The van der Waals surface area contributed by atoms with Gasteiger partial charge in [-0.15, -0.1) is 0 Å². The maximum Gasteiger partial charge on any atom is 3.00 e. The third-order valence-corrected chi connectivity index (χ3v) is 0. The molecule has 0 unspecified atom stereocenters. The Morgan fingerprint density at radius 1 is 0.600 bits per heavy atom. The molecule has 0 bridgehead atoms. The molecule has 0 fully saturated rings. The van der Waals surface area contributed by atoms with Crippen molar-refractivity contribution in [2.24, 2.45) is 0 Å². The molecule has 0 saturated carbocycles. The molecule has 15 heteroatoms. The molecule has 0 N–H and O–H groups in total. The monoisotopic (exact) mass is 468 g/mol. The maximum absolute atomic E-state index is 8.25. The largest absolute Gasteiger partial charge is 3.00 e. The normalized spacial score (nSPS) is 4.80. The molecule has 0 aliphatic heterocycles. The molecule has 77 valence electrons. The molecule has 0 aliphatic rings. The van der Waals surface area contributed by atoms with Crippen molar-refractivity contribution < 1.29 is 67.9 Å². The minimum Gasteiger partial charge on any atom is -0.356 e. The molecule has 0 heterocycles. The average Bonchev–Trinajstić information content (AvgIpc) is 1.54. The molecule has 0 aromatic heterocycles. The standard InChI is InChI=1S/La.Mn.3NO3.Sr/c;;3*2-1(3)4;/q+3;+2;3*-1;+2. The van der Waals surface area contributed by atoms with Crippen LogP contribution in [0.5, 0.6) is 0 Å². The van der Waals surface area contributed by atoms with Crippen LogP contribution in [0.25, 0.3) is 0 Å². The van der Waals surface area contributed by atoms with Crippen LogP contribution >= 0.6 is 0 Å². The van der Waals surface area contributed by atoms with Crippen molar-refractivity contribution in [2.45, 2.75) is 0 Å². The van der Waals surface area contributed by atoms with Gasteiger partial charge in [-0.2, -0.15) is 0 Å². The van der Waals surface area contributed by atoms with Crippen molar-refractivity contribution in [2.75, 3.05) is 0 Å². The van der Waals surface area contributed by atoms with Crippen molar-refractivity contribution in [1.29, 1.82) is 0 Å². The third kappa shape index (κ3) is 3830. The van der Waals surface area contributed by atoms with Crippen LogP contribution in [0, 0.1) is 81.6 Å². The summed E-state index contributed by atoms with van der Waals surface area (Å²) in [4.78, 5) is 24.8. The fraction of sp³-hybridized carbons (Fsp3) is 0. The molecule has 0 aliphatic carbocycles. The van der Waals surface area contributed by atoms with Crippen molar-refractivity contribution in [3.05, 3.63) is 46.0 Å². The van der Waals surface area contributed by atoms with Gasteiger partial charge in [0.1, 0.15) is 0 Å². The van der Waals surface area contributed by atoms with Gasteiger partial charge in [-0.1, -0.05) is 0 Å². The molecule has 12 nitrogen and oxygen atoms in total. The second-order valence-corrected chi connectivity index (χ2v) is 0.671. The van der Waals surface area contributed by atoms with Gasteiger partial charge in [-0.05, 0) is 0 Å². The zero-order valence-electron chi connectivity index (χ0n) is 6.68. The number of nitrogens with zero attached hydrogens (tertiary/aromatic N) is 3. The Labute approximate surface area is 157 Å². The van der Waals surface area contributed by atoms with E-state index in [-0.39, 0.29) is 98.1 Å². The topological polar surface area (TPSA) is 199 Å². The maximum atomic E-state index is 8.25. The molecule has 1 radical (unpaired) electrons. The van der Waals surface area contributed by atoms with Gasteiger partial charge in [0, 0.05) is 0 Å². The Morgan fingerprint density at radius 2 is 0.600 bits per heavy atom. The quantitative estimate of drug-likeness (QED) is 0.241. The van der Waals surface area contributed by atoms with Gasteiger partial charge in [0.05, 0.1) is 15.3 Å². The zero-order chi connectivity index (χ0) is 10.7. The predicted molar refractivity (Wildman–Crippen MR) is 36.8 cm³/mol. The molecule has 0 aromatic rings. The molecule has 0 saturated heterocycles. The Hall–Kier alpha value is 0.795. The average molecular weight is 467 g/mol. The molecular weight excluding hydrogens is 467 g/mol. The summed E-state index contributed by atoms with van der Waals surface area (Å²) in [6, 6.07) is 0. The van der Waals surface area contributed by atoms with Gasteiger partial charge in [0.25, 0.3) is 0 Å². The summed E-state index contributed by atoms with van der Waals surface area (Å²) in [5, 5.41) is 44.2. The van der Waals surface area contributed by atoms with Crippen molar-refractivity contribution in [1.82, 2.24) is 0 Å². The van der Waals surface area contributed by atoms with E-state index < -0.39 is 15.3 Å². The SMILES string of the molecule is O=[N+]([O-])[O-].O=[N+]([O-])[O-].O=[N+]([O-])[O-].[La+3].[Mn+2].[Sr+2]. The van der Waals surface area contributed by atoms with Gasteiger partial charge in [-0.3, -0.25) is 0 Å². The van der Waals surface area contributed by atoms with Gasteiger partial charge < -0.3 is 46.0 Å². The van der Waals surface area contributed by atoms with E-state index in [1.54, 1.807) is 0 Å². The Bertz CT molecular complexity index is 123. The van der Waals surface area contributed by atoms with E-state index >= 15 is 0 Å². The molecule has 0 amide bonds. The predicted octanol–water partition coefficient (Wildman–Crippen LogP) is -1.10. The zero-order valence-corrected chi connectivity index (χ0v) is 15.0. The summed E-state index contributed by atoms with van der Waals surface area (Å²) >= 11 is 0. The first-order valence-electron chi connectivity index (χ1n) is 1.64. The summed E-state index contributed by atoms with van der Waals surface area (Å²) < 4.78 is 0. The summed E-state index contributed by atoms with van der Waals surface area (Å²) in [6.45, 7) is 0. The molecule has 0 rings (SSSR count). The van der Waals surface area contributed by atoms with E-state index in [0.29, 0.717) is 0 Å². The second kappa shape index (κ2) is 29.3. The van der Waals surface area contributed by atoms with Crippen LogP contribution in [0.15, 0.2) is 0 Å². The Morgan fingerprint density at radius 3 is 0.600 bits per heavy atom. The molecular formula is LaMnN3O9Sr+4. The summed E-state index contributed by atoms with van der Waals surface area (Å²) in [5.74, 6) is 0. The Kier molecular flexibility index (Phi) is 70.5. The van der Waals surface area contributed by atoms with E-state index in [0.717, 1.165) is 0 Å². The van der Waals surface area contributed by atoms with Crippen LogP contribution in [0.4, 0.5) is 0 Å². The smallest absolute Gasteiger partial charge is 0.356 e. The Balaban J connectivity index is -0.0000000184. The first-order chi connectivity index (χ1) is 5.20. The minimum atomic E-state index is -1.75. The molecule has 0 aromatic carbocycles. The van der Waals surface area contributed by atoms with E-state index in [4.69, 9.17) is 46.0 Å². The number of hydrogen-bond donors (Lipinski definition) is 0. The van der Waals surface area contributed by atoms with Gasteiger partial charge in [0.15, 0.2) is 0 Å². The van der Waals surface area contributed by atoms with Gasteiger partial charge in [-0.25, -0.2) is 0 Å². The van der Waals surface area contributed by atoms with Crippen LogP contribution < -0.4 is 0 Å². The summed E-state index contributed by atoms with van der Waals surface area (Å²) in [6.07, 6.45) is 0. The van der Waals surface area contributed by atoms with E-state index in [9.17, 15) is 0 Å². The second-order valence-electron chi connectivity index (χ2n) is 0.671. The summed E-state index contributed by atoms with van der Waals surface area (Å²) in [7, 11) is 0. The fourth-order valence-corrected chi connectivity index (χ4v) is 0.